The molecule has 0 N–H and O–H groups in total. The Bertz CT molecular complexity index is 534. The van der Waals surface area contributed by atoms with Crippen LogP contribution >= 0.6 is 11.6 Å². The number of nitrogens with zero attached hydrogens (tertiary/aromatic N) is 2. The number of hydrogen-bond acceptors (Lipinski definition) is 3. The molecule has 4 nitrogen and oxygen atoms in total. The lowest BCUT2D eigenvalue weighted by Gasteiger charge is -2.19. The second-order valence-electron chi connectivity index (χ2n) is 4.15. The predicted octanol–water partition coefficient (Wildman–Crippen LogP) is 2.67. The van der Waals surface area contributed by atoms with Crippen molar-refractivity contribution in [1.82, 2.24) is 4.90 Å². The van der Waals surface area contributed by atoms with Gasteiger partial charge in [-0.1, -0.05) is 11.6 Å². The van der Waals surface area contributed by atoms with Crippen LogP contribution in [-0.4, -0.2) is 22.9 Å². The van der Waals surface area contributed by atoms with Crippen LogP contribution in [0.25, 0.3) is 0 Å². The van der Waals surface area contributed by atoms with Crippen molar-refractivity contribution in [2.75, 3.05) is 0 Å². The first-order valence-electron chi connectivity index (χ1n) is 5.26. The number of carbonyl (C=O) groups excluding carboxylic acids is 2. The van der Waals surface area contributed by atoms with Crippen LogP contribution in [0, 0.1) is 0 Å². The Kier molecular flexibility index (Phi) is 3.01. The Hall–Kier alpha value is -1.64. The van der Waals surface area contributed by atoms with E-state index in [0.717, 1.165) is 0 Å². The molecular formula is C12H11ClN2O2. The Morgan fingerprint density at radius 3 is 2.76 bits per heavy atom. The summed E-state index contributed by atoms with van der Waals surface area (Å²) in [4.78, 5) is 27.7. The van der Waals surface area contributed by atoms with Crippen molar-refractivity contribution in [3.8, 4) is 0 Å². The molecule has 0 spiro atoms. The predicted molar refractivity (Wildman–Crippen MR) is 64.2 cm³/mol. The molecule has 0 unspecified atom stereocenters. The van der Waals surface area contributed by atoms with Gasteiger partial charge in [-0.3, -0.25) is 4.79 Å². The van der Waals surface area contributed by atoms with Crippen molar-refractivity contribution in [3.63, 3.8) is 0 Å². The normalized spacial score (nSPS) is 13.9. The number of hydrogen-bond donors (Lipinski definition) is 0. The average molecular weight is 251 g/mol. The van der Waals surface area contributed by atoms with Crippen molar-refractivity contribution in [2.45, 2.75) is 26.4 Å². The molecule has 0 bridgehead atoms. The molecule has 17 heavy (non-hydrogen) atoms. The third kappa shape index (κ3) is 1.86. The maximum atomic E-state index is 12.1. The lowest BCUT2D eigenvalue weighted by molar-refractivity contribution is 0.0731. The monoisotopic (exact) mass is 250 g/mol. The van der Waals surface area contributed by atoms with Crippen LogP contribution in [0.4, 0.5) is 5.69 Å². The summed E-state index contributed by atoms with van der Waals surface area (Å²) < 4.78 is 0. The first-order chi connectivity index (χ1) is 8.06. The van der Waals surface area contributed by atoms with Crippen LogP contribution in [-0.2, 0) is 11.3 Å². The highest BCUT2D eigenvalue weighted by atomic mass is 35.5. The first-order valence-corrected chi connectivity index (χ1v) is 5.64. The van der Waals surface area contributed by atoms with E-state index in [0.29, 0.717) is 28.4 Å². The van der Waals surface area contributed by atoms with Gasteiger partial charge in [-0.25, -0.2) is 4.79 Å². The molecule has 1 aliphatic rings. The van der Waals surface area contributed by atoms with Gasteiger partial charge in [0.15, 0.2) is 0 Å². The van der Waals surface area contributed by atoms with E-state index < -0.39 is 0 Å². The maximum absolute atomic E-state index is 12.1. The molecule has 0 fully saturated rings. The van der Waals surface area contributed by atoms with Gasteiger partial charge in [0, 0.05) is 18.2 Å². The van der Waals surface area contributed by atoms with Gasteiger partial charge in [0.1, 0.15) is 0 Å². The summed E-state index contributed by atoms with van der Waals surface area (Å²) >= 11 is 6.02. The van der Waals surface area contributed by atoms with Gasteiger partial charge in [-0.05, 0) is 26.0 Å². The second-order valence-corrected chi connectivity index (χ2v) is 4.56. The molecule has 1 amide bonds. The van der Waals surface area contributed by atoms with E-state index in [4.69, 9.17) is 11.6 Å². The molecule has 88 valence electrons. The van der Waals surface area contributed by atoms with Crippen molar-refractivity contribution >= 4 is 29.3 Å². The fourth-order valence-electron chi connectivity index (χ4n) is 1.96. The SMILES string of the molecule is CC(C)N1Cc2c(N=C=O)ccc(Cl)c2C1=O. The van der Waals surface area contributed by atoms with Crippen LogP contribution in [0.2, 0.25) is 5.02 Å². The third-order valence-corrected chi connectivity index (χ3v) is 3.14. The van der Waals surface area contributed by atoms with E-state index in [-0.39, 0.29) is 11.9 Å². The van der Waals surface area contributed by atoms with E-state index in [1.807, 2.05) is 13.8 Å². The summed E-state index contributed by atoms with van der Waals surface area (Å²) in [5, 5.41) is 0.401. The molecule has 1 aromatic carbocycles. The summed E-state index contributed by atoms with van der Waals surface area (Å²) in [5.41, 5.74) is 1.63. The van der Waals surface area contributed by atoms with E-state index in [1.54, 1.807) is 17.0 Å². The molecule has 1 aliphatic heterocycles. The molecule has 0 atom stereocenters. The zero-order valence-corrected chi connectivity index (χ0v) is 10.3. The van der Waals surface area contributed by atoms with Gasteiger partial charge in [-0.2, -0.15) is 4.99 Å². The van der Waals surface area contributed by atoms with Crippen LogP contribution in [0.3, 0.4) is 0 Å². The summed E-state index contributed by atoms with van der Waals surface area (Å²) in [6, 6.07) is 3.29. The van der Waals surface area contributed by atoms with E-state index in [1.165, 1.54) is 6.08 Å². The highest BCUT2D eigenvalue weighted by Gasteiger charge is 2.33. The fraction of sp³-hybridized carbons (Fsp3) is 0.333. The van der Waals surface area contributed by atoms with Crippen molar-refractivity contribution in [1.29, 1.82) is 0 Å². The number of fused-ring (bicyclic) bond motifs is 1. The van der Waals surface area contributed by atoms with E-state index in [9.17, 15) is 9.59 Å². The highest BCUT2D eigenvalue weighted by molar-refractivity contribution is 6.34. The summed E-state index contributed by atoms with van der Waals surface area (Å²) in [6.45, 7) is 4.30. The molecular weight excluding hydrogens is 240 g/mol. The molecule has 1 aromatic rings. The molecule has 0 saturated heterocycles. The Morgan fingerprint density at radius 2 is 2.18 bits per heavy atom. The van der Waals surface area contributed by atoms with Crippen molar-refractivity contribution in [3.05, 3.63) is 28.3 Å². The number of benzene rings is 1. The minimum atomic E-state index is -0.108. The standard InChI is InChI=1S/C12H11ClN2O2/c1-7(2)15-5-8-10(14-6-16)4-3-9(13)11(8)12(15)17/h3-4,7H,5H2,1-2H3. The van der Waals surface area contributed by atoms with Crippen LogP contribution in [0.5, 0.6) is 0 Å². The summed E-state index contributed by atoms with van der Waals surface area (Å²) in [7, 11) is 0. The quantitative estimate of drug-likeness (QED) is 0.599. The molecule has 0 aromatic heterocycles. The lowest BCUT2D eigenvalue weighted by Crippen LogP contribution is -2.30. The third-order valence-electron chi connectivity index (χ3n) is 2.83. The molecule has 1 heterocycles. The molecule has 2 rings (SSSR count). The number of aliphatic imine (C=N–C) groups is 1. The Balaban J connectivity index is 2.59. The topological polar surface area (TPSA) is 49.7 Å². The van der Waals surface area contributed by atoms with Crippen LogP contribution in [0.1, 0.15) is 29.8 Å². The Labute approximate surface area is 104 Å². The van der Waals surface area contributed by atoms with Gasteiger partial charge < -0.3 is 4.90 Å². The number of rotatable bonds is 2. The molecule has 5 heteroatoms. The highest BCUT2D eigenvalue weighted by Crippen LogP contribution is 2.36. The average Bonchev–Trinajstić information content (AvgIpc) is 2.62. The van der Waals surface area contributed by atoms with Crippen molar-refractivity contribution in [2.24, 2.45) is 4.99 Å². The van der Waals surface area contributed by atoms with Crippen LogP contribution < -0.4 is 0 Å². The van der Waals surface area contributed by atoms with Gasteiger partial charge in [-0.15, -0.1) is 0 Å². The minimum Gasteiger partial charge on any atom is -0.332 e. The molecule has 0 aliphatic carbocycles. The smallest absolute Gasteiger partial charge is 0.256 e. The summed E-state index contributed by atoms with van der Waals surface area (Å²) in [5.74, 6) is -0.108. The van der Waals surface area contributed by atoms with Crippen molar-refractivity contribution < 1.29 is 9.59 Å². The molecule has 0 saturated carbocycles. The zero-order chi connectivity index (χ0) is 12.6. The second kappa shape index (κ2) is 4.32. The number of halogens is 1. The largest absolute Gasteiger partial charge is 0.332 e. The van der Waals surface area contributed by atoms with Gasteiger partial charge in [0.2, 0.25) is 6.08 Å². The maximum Gasteiger partial charge on any atom is 0.256 e. The number of carbonyl (C=O) groups is 1. The number of isocyanates is 1. The Morgan fingerprint density at radius 1 is 1.47 bits per heavy atom. The fourth-order valence-corrected chi connectivity index (χ4v) is 2.21. The van der Waals surface area contributed by atoms with Gasteiger partial charge in [0.25, 0.3) is 5.91 Å². The van der Waals surface area contributed by atoms with Crippen LogP contribution in [0.15, 0.2) is 17.1 Å². The molecule has 0 radical (unpaired) electrons. The first kappa shape index (κ1) is 11.8. The summed E-state index contributed by atoms with van der Waals surface area (Å²) in [6.07, 6.45) is 1.49. The van der Waals surface area contributed by atoms with E-state index >= 15 is 0 Å². The number of amides is 1. The van der Waals surface area contributed by atoms with Gasteiger partial charge >= 0.3 is 0 Å². The minimum absolute atomic E-state index is 0.0824. The lowest BCUT2D eigenvalue weighted by atomic mass is 10.1. The van der Waals surface area contributed by atoms with E-state index in [2.05, 4.69) is 4.99 Å². The van der Waals surface area contributed by atoms with Gasteiger partial charge in [0.05, 0.1) is 16.3 Å². The zero-order valence-electron chi connectivity index (χ0n) is 9.53.